The zero-order chi connectivity index (χ0) is 17.1. The quantitative estimate of drug-likeness (QED) is 0.417. The van der Waals surface area contributed by atoms with E-state index in [2.05, 4.69) is 29.1 Å². The smallest absolute Gasteiger partial charge is 0.343 e. The molecule has 0 aliphatic rings. The third-order valence-electron chi connectivity index (χ3n) is 3.47. The lowest BCUT2D eigenvalue weighted by atomic mass is 10.1. The van der Waals surface area contributed by atoms with E-state index in [4.69, 9.17) is 17.0 Å². The molecule has 0 atom stereocenters. The van der Waals surface area contributed by atoms with Crippen molar-refractivity contribution in [1.82, 2.24) is 14.6 Å². The van der Waals surface area contributed by atoms with Crippen molar-refractivity contribution in [2.24, 2.45) is 0 Å². The van der Waals surface area contributed by atoms with Crippen LogP contribution in [0.25, 0.3) is 16.9 Å². The third-order valence-corrected chi connectivity index (χ3v) is 4.66. The Labute approximate surface area is 149 Å². The fourth-order valence-electron chi connectivity index (χ4n) is 2.40. The van der Waals surface area contributed by atoms with Gasteiger partial charge in [-0.05, 0) is 36.4 Å². The molecule has 124 valence electrons. The highest BCUT2D eigenvalue weighted by molar-refractivity contribution is 7.99. The van der Waals surface area contributed by atoms with Crippen molar-refractivity contribution in [3.05, 3.63) is 46.7 Å². The second-order valence-corrected chi connectivity index (χ2v) is 6.77. The van der Waals surface area contributed by atoms with Crippen molar-refractivity contribution in [1.29, 1.82) is 0 Å². The molecule has 0 fully saturated rings. The molecule has 2 aromatic heterocycles. The molecule has 24 heavy (non-hydrogen) atoms. The Bertz CT molecular complexity index is 929. The van der Waals surface area contributed by atoms with E-state index in [1.165, 1.54) is 15.6 Å². The maximum atomic E-state index is 12.1. The van der Waals surface area contributed by atoms with Crippen LogP contribution in [0.5, 0.6) is 0 Å². The number of rotatable bonds is 5. The molecule has 0 spiro atoms. The first-order valence-corrected chi connectivity index (χ1v) is 9.04. The lowest BCUT2D eigenvalue weighted by Crippen LogP contribution is -2.05. The fourth-order valence-corrected chi connectivity index (χ4v) is 3.31. The minimum absolute atomic E-state index is 0.313. The highest BCUT2D eigenvalue weighted by Crippen LogP contribution is 2.24. The van der Waals surface area contributed by atoms with Crippen molar-refractivity contribution in [2.75, 3.05) is 12.4 Å². The monoisotopic (exact) mass is 359 g/mol. The highest BCUT2D eigenvalue weighted by Gasteiger charge is 2.16. The summed E-state index contributed by atoms with van der Waals surface area (Å²) in [4.78, 5) is 16.5. The second kappa shape index (κ2) is 7.19. The molecule has 0 aliphatic carbocycles. The third kappa shape index (κ3) is 3.22. The number of aromatic amines is 1. The van der Waals surface area contributed by atoms with E-state index in [0.717, 1.165) is 17.0 Å². The molecule has 0 aliphatic heterocycles. The molecule has 0 bridgehead atoms. The molecule has 0 unspecified atom stereocenters. The summed E-state index contributed by atoms with van der Waals surface area (Å²) in [6.45, 7) is 4.21. The average Bonchev–Trinajstić information content (AvgIpc) is 3.01. The maximum Gasteiger partial charge on any atom is 0.343 e. The van der Waals surface area contributed by atoms with Crippen LogP contribution in [0, 0.1) is 4.64 Å². The molecule has 3 rings (SSSR count). The van der Waals surface area contributed by atoms with Gasteiger partial charge in [-0.3, -0.25) is 0 Å². The molecule has 2 heterocycles. The number of nitrogens with one attached hydrogen (secondary N) is 1. The number of H-pyrrole nitrogens is 1. The van der Waals surface area contributed by atoms with Gasteiger partial charge in [-0.1, -0.05) is 31.3 Å². The van der Waals surface area contributed by atoms with Crippen molar-refractivity contribution in [2.45, 2.75) is 18.7 Å². The van der Waals surface area contributed by atoms with Crippen LogP contribution in [0.1, 0.15) is 24.2 Å². The number of hydrogen-bond acceptors (Lipinski definition) is 5. The lowest BCUT2D eigenvalue weighted by molar-refractivity contribution is 0.0528. The molecule has 7 heteroatoms. The van der Waals surface area contributed by atoms with Gasteiger partial charge in [0.05, 0.1) is 12.8 Å². The molecule has 0 radical (unpaired) electrons. The Hall–Kier alpha value is -2.12. The van der Waals surface area contributed by atoms with Gasteiger partial charge in [0.2, 0.25) is 0 Å². The number of esters is 1. The van der Waals surface area contributed by atoms with Crippen molar-refractivity contribution >= 4 is 35.6 Å². The van der Waals surface area contributed by atoms with Gasteiger partial charge in [-0.25, -0.2) is 9.31 Å². The molecule has 0 saturated carbocycles. The number of aromatic nitrogens is 3. The van der Waals surface area contributed by atoms with Gasteiger partial charge < -0.3 is 9.72 Å². The minimum Gasteiger partial charge on any atom is -0.462 e. The number of benzene rings is 1. The number of hydrogen-bond donors (Lipinski definition) is 1. The SMILES string of the molecule is CCOC(=O)c1cnn2c(=S)cc(-c3ccc(SCC)cc3)[nH]c12. The van der Waals surface area contributed by atoms with Crippen LogP contribution in [0.2, 0.25) is 0 Å². The van der Waals surface area contributed by atoms with Crippen molar-refractivity contribution in [3.8, 4) is 11.3 Å². The summed E-state index contributed by atoms with van der Waals surface area (Å²) >= 11 is 7.19. The standard InChI is InChI=1S/C17H17N3O2S2/c1-3-22-17(21)13-10-18-20-15(23)9-14(19-16(13)20)11-5-7-12(8-6-11)24-4-2/h5-10,19H,3-4H2,1-2H3. The molecular weight excluding hydrogens is 342 g/mol. The van der Waals surface area contributed by atoms with Gasteiger partial charge >= 0.3 is 5.97 Å². The molecule has 1 N–H and O–H groups in total. The number of thioether (sulfide) groups is 1. The van der Waals surface area contributed by atoms with Crippen molar-refractivity contribution < 1.29 is 9.53 Å². The molecule has 5 nitrogen and oxygen atoms in total. The van der Waals surface area contributed by atoms with Crippen LogP contribution in [0.15, 0.2) is 41.4 Å². The predicted molar refractivity (Wildman–Crippen MR) is 98.2 cm³/mol. The molecule has 3 aromatic rings. The zero-order valence-corrected chi connectivity index (χ0v) is 15.0. The maximum absolute atomic E-state index is 12.1. The van der Waals surface area contributed by atoms with E-state index in [0.29, 0.717) is 22.5 Å². The van der Waals surface area contributed by atoms with Gasteiger partial charge in [-0.2, -0.15) is 5.10 Å². The topological polar surface area (TPSA) is 59.4 Å². The average molecular weight is 359 g/mol. The fraction of sp³-hybridized carbons (Fsp3) is 0.235. The first kappa shape index (κ1) is 16.7. The van der Waals surface area contributed by atoms with E-state index in [1.807, 2.05) is 18.2 Å². The summed E-state index contributed by atoms with van der Waals surface area (Å²) in [5.74, 6) is 0.622. The predicted octanol–water partition coefficient (Wildman–Crippen LogP) is 4.35. The van der Waals surface area contributed by atoms with Crippen LogP contribution in [-0.2, 0) is 4.74 Å². The van der Waals surface area contributed by atoms with E-state index in [1.54, 1.807) is 18.7 Å². The van der Waals surface area contributed by atoms with Gasteiger partial charge in [0.15, 0.2) is 0 Å². The number of ether oxygens (including phenoxy) is 1. The summed E-state index contributed by atoms with van der Waals surface area (Å²) in [5, 5.41) is 4.17. The molecular formula is C17H17N3O2S2. The highest BCUT2D eigenvalue weighted by atomic mass is 32.2. The van der Waals surface area contributed by atoms with Crippen LogP contribution in [0.4, 0.5) is 0 Å². The van der Waals surface area contributed by atoms with E-state index < -0.39 is 5.97 Å². The first-order valence-electron chi connectivity index (χ1n) is 7.65. The molecule has 1 aromatic carbocycles. The normalized spacial score (nSPS) is 10.9. The van der Waals surface area contributed by atoms with Crippen LogP contribution >= 0.6 is 24.0 Å². The van der Waals surface area contributed by atoms with E-state index in [-0.39, 0.29) is 0 Å². The summed E-state index contributed by atoms with van der Waals surface area (Å²) < 4.78 is 7.14. The minimum atomic E-state index is -0.412. The Kier molecular flexibility index (Phi) is 5.01. The number of fused-ring (bicyclic) bond motifs is 1. The Morgan fingerprint density at radius 1 is 1.33 bits per heavy atom. The Balaban J connectivity index is 2.07. The summed E-state index contributed by atoms with van der Waals surface area (Å²) in [7, 11) is 0. The van der Waals surface area contributed by atoms with Crippen LogP contribution in [-0.4, -0.2) is 32.9 Å². The van der Waals surface area contributed by atoms with Crippen molar-refractivity contribution in [3.63, 3.8) is 0 Å². The van der Waals surface area contributed by atoms with Crippen LogP contribution < -0.4 is 0 Å². The zero-order valence-electron chi connectivity index (χ0n) is 13.4. The summed E-state index contributed by atoms with van der Waals surface area (Å²) in [6, 6.07) is 10.1. The van der Waals surface area contributed by atoms with Gasteiger partial charge in [0.25, 0.3) is 0 Å². The molecule has 0 saturated heterocycles. The number of carbonyl (C=O) groups is 1. The van der Waals surface area contributed by atoms with E-state index >= 15 is 0 Å². The lowest BCUT2D eigenvalue weighted by Gasteiger charge is -2.06. The number of carbonyl (C=O) groups excluding carboxylic acids is 1. The molecule has 0 amide bonds. The van der Waals surface area contributed by atoms with E-state index in [9.17, 15) is 4.79 Å². The Morgan fingerprint density at radius 2 is 2.08 bits per heavy atom. The largest absolute Gasteiger partial charge is 0.462 e. The second-order valence-electron chi connectivity index (χ2n) is 5.02. The van der Waals surface area contributed by atoms with Gasteiger partial charge in [0.1, 0.15) is 15.9 Å². The summed E-state index contributed by atoms with van der Waals surface area (Å²) in [6.07, 6.45) is 1.48. The van der Waals surface area contributed by atoms with Gasteiger partial charge in [-0.15, -0.1) is 11.8 Å². The Morgan fingerprint density at radius 3 is 2.75 bits per heavy atom. The van der Waals surface area contributed by atoms with Gasteiger partial charge in [0, 0.05) is 10.6 Å². The summed E-state index contributed by atoms with van der Waals surface area (Å²) in [5.41, 5.74) is 2.76. The number of nitrogens with zero attached hydrogens (tertiary/aromatic N) is 2. The van der Waals surface area contributed by atoms with Crippen LogP contribution in [0.3, 0.4) is 0 Å². The first-order chi connectivity index (χ1) is 11.6.